The number of likely N-dealkylation sites (N-methyl/N-ethyl adjacent to an activating group) is 1. The number of aliphatic hydroxyl groups excluding tert-OH is 3. The Morgan fingerprint density at radius 1 is 0.984 bits per heavy atom. The summed E-state index contributed by atoms with van der Waals surface area (Å²) >= 11 is 0. The van der Waals surface area contributed by atoms with Crippen LogP contribution in [-0.4, -0.2) is 165 Å². The van der Waals surface area contributed by atoms with Gasteiger partial charge in [0.2, 0.25) is 0 Å². The lowest BCUT2D eigenvalue weighted by molar-refractivity contribution is -0.318. The number of nitrogens with one attached hydrogen (secondary N) is 1. The van der Waals surface area contributed by atoms with E-state index in [2.05, 4.69) is 5.32 Å². The summed E-state index contributed by atoms with van der Waals surface area (Å²) in [4.78, 5) is 31.7. The molecule has 6 N–H and O–H groups in total. The van der Waals surface area contributed by atoms with Gasteiger partial charge in [-0.05, 0) is 99.9 Å². The van der Waals surface area contributed by atoms with Crippen LogP contribution < -0.4 is 5.32 Å². The molecule has 0 saturated carbocycles. The van der Waals surface area contributed by atoms with Crippen LogP contribution >= 0.6 is 0 Å². The van der Waals surface area contributed by atoms with Crippen LogP contribution in [0.4, 0.5) is 14.9 Å². The summed E-state index contributed by atoms with van der Waals surface area (Å²) in [6.07, 6.45) is -10.3. The van der Waals surface area contributed by atoms with Crippen molar-refractivity contribution in [2.24, 2.45) is 17.8 Å². The van der Waals surface area contributed by atoms with Crippen molar-refractivity contribution < 1.29 is 67.9 Å². The fraction of sp³-hybridized carbons (Fsp3) is 0.818. The Kier molecular flexibility index (Phi) is 17.2. The van der Waals surface area contributed by atoms with Crippen molar-refractivity contribution in [3.05, 3.63) is 30.1 Å². The van der Waals surface area contributed by atoms with Crippen LogP contribution in [0.3, 0.4) is 0 Å². The van der Waals surface area contributed by atoms with Gasteiger partial charge in [-0.1, -0.05) is 32.9 Å². The quantitative estimate of drug-likeness (QED) is 0.206. The zero-order chi connectivity index (χ0) is 45.9. The van der Waals surface area contributed by atoms with E-state index in [0.29, 0.717) is 6.42 Å². The number of ether oxygens (including phenoxy) is 6. The van der Waals surface area contributed by atoms with E-state index in [0.717, 1.165) is 0 Å². The summed E-state index contributed by atoms with van der Waals surface area (Å²) in [5.74, 6) is -4.08. The molecule has 0 aliphatic carbocycles. The van der Waals surface area contributed by atoms with Crippen LogP contribution in [0.5, 0.6) is 0 Å². The van der Waals surface area contributed by atoms with Gasteiger partial charge in [-0.25, -0.2) is 9.18 Å². The normalized spacial score (nSPS) is 43.6. The Hall–Kier alpha value is -2.55. The third-order valence-corrected chi connectivity index (χ3v) is 13.3. The maximum absolute atomic E-state index is 14.8. The first kappa shape index (κ1) is 51.1. The number of rotatable bonds is 8. The molecule has 17 heteroatoms. The van der Waals surface area contributed by atoms with Crippen LogP contribution in [0.25, 0.3) is 0 Å². The number of nitrogens with zero attached hydrogens (tertiary/aromatic N) is 2. The molecular weight excluding hydrogens is 797 g/mol. The molecule has 3 saturated heterocycles. The fourth-order valence-corrected chi connectivity index (χ4v) is 9.53. The van der Waals surface area contributed by atoms with Gasteiger partial charge in [-0.3, -0.25) is 4.79 Å². The van der Waals surface area contributed by atoms with Crippen LogP contribution in [0.2, 0.25) is 0 Å². The summed E-state index contributed by atoms with van der Waals surface area (Å²) in [7, 11) is 5.16. The predicted octanol–water partition coefficient (Wildman–Crippen LogP) is 3.64. The highest BCUT2D eigenvalue weighted by Crippen LogP contribution is 2.40. The number of anilines is 1. The summed E-state index contributed by atoms with van der Waals surface area (Å²) in [5.41, 5.74) is -5.11. The number of methoxy groups -OCH3 is 1. The molecule has 0 aromatic heterocycles. The Labute approximate surface area is 360 Å². The number of aliphatic hydroxyl groups is 5. The molecule has 1 aromatic carbocycles. The van der Waals surface area contributed by atoms with Gasteiger partial charge in [0, 0.05) is 32.0 Å². The molecule has 3 heterocycles. The largest absolute Gasteiger partial charge is 0.459 e. The minimum absolute atomic E-state index is 0.0474. The fourth-order valence-electron chi connectivity index (χ4n) is 9.53. The van der Waals surface area contributed by atoms with E-state index in [9.17, 15) is 39.5 Å². The highest BCUT2D eigenvalue weighted by atomic mass is 19.1. The van der Waals surface area contributed by atoms with Gasteiger partial charge in [-0.15, -0.1) is 0 Å². The molecule has 0 spiro atoms. The van der Waals surface area contributed by atoms with Crippen LogP contribution in [0.15, 0.2) is 24.3 Å². The lowest BCUT2D eigenvalue weighted by atomic mass is 9.77. The van der Waals surface area contributed by atoms with E-state index in [1.54, 1.807) is 54.5 Å². The number of cyclic esters (lactones) is 1. The highest BCUT2D eigenvalue weighted by molar-refractivity contribution is 5.89. The maximum atomic E-state index is 14.8. The molecule has 0 radical (unpaired) electrons. The predicted molar refractivity (Wildman–Crippen MR) is 224 cm³/mol. The van der Waals surface area contributed by atoms with Gasteiger partial charge in [0.25, 0.3) is 0 Å². The van der Waals surface area contributed by atoms with Crippen LogP contribution in [-0.2, 0) is 33.2 Å². The number of hydrogen-bond acceptors (Lipinski definition) is 14. The topological polar surface area (TPSA) is 209 Å². The number of hydrogen-bond donors (Lipinski definition) is 6. The van der Waals surface area contributed by atoms with E-state index in [-0.39, 0.29) is 43.6 Å². The molecule has 16 nitrogen and oxygen atoms in total. The minimum Gasteiger partial charge on any atom is -0.459 e. The second-order valence-corrected chi connectivity index (χ2v) is 18.8. The Morgan fingerprint density at radius 2 is 1.62 bits per heavy atom. The zero-order valence-electron chi connectivity index (χ0n) is 38.3. The molecule has 18 atom stereocenters. The number of esters is 1. The van der Waals surface area contributed by atoms with Crippen molar-refractivity contribution >= 4 is 17.7 Å². The van der Waals surface area contributed by atoms with E-state index in [4.69, 9.17) is 28.4 Å². The van der Waals surface area contributed by atoms with E-state index in [1.165, 1.54) is 44.1 Å². The van der Waals surface area contributed by atoms with E-state index in [1.807, 2.05) is 25.9 Å². The number of carbonyl (C=O) groups excluding carboxylic acids is 2. The third-order valence-electron chi connectivity index (χ3n) is 13.3. The number of amides is 2. The average Bonchev–Trinajstić information content (AvgIpc) is 3.18. The van der Waals surface area contributed by atoms with E-state index < -0.39 is 114 Å². The number of urea groups is 1. The van der Waals surface area contributed by atoms with Crippen molar-refractivity contribution in [2.45, 2.75) is 185 Å². The summed E-state index contributed by atoms with van der Waals surface area (Å²) in [6.45, 7) is 16.4. The SMILES string of the molecule is CC[C@H]1OC(=O)[C@H](C)[C@@H](O[C@H]2C[C@@](C)(OC)[C@@H](O)[C@H](C)O2)[C@H](C)[C@@H](O[C@@H]2O[C@H](C)C[C@@H](N(C)C)[C@H]2O)[C@](C)(O)C[C@@H](C)CN(C(=O)Nc2ccccc2F)[C@H](C)[C@@H](O)[C@]1(C)O. The van der Waals surface area contributed by atoms with Gasteiger partial charge < -0.3 is 69.1 Å². The third kappa shape index (κ3) is 11.6. The maximum Gasteiger partial charge on any atom is 0.322 e. The molecule has 4 rings (SSSR count). The van der Waals surface area contributed by atoms with Crippen LogP contribution in [0, 0.1) is 23.6 Å². The number of halogens is 1. The number of benzene rings is 1. The zero-order valence-corrected chi connectivity index (χ0v) is 38.3. The van der Waals surface area contributed by atoms with Gasteiger partial charge >= 0.3 is 12.0 Å². The average molecular weight is 872 g/mol. The van der Waals surface area contributed by atoms with Gasteiger partial charge in [0.15, 0.2) is 12.6 Å². The van der Waals surface area contributed by atoms with Crippen molar-refractivity contribution in [1.29, 1.82) is 0 Å². The first-order valence-corrected chi connectivity index (χ1v) is 21.6. The first-order valence-electron chi connectivity index (χ1n) is 21.6. The standard InChI is InChI=1S/C44H74FN3O13/c1-14-32-44(10,55)36(50)27(6)48(41(53)46-30-18-16-15-17-29(30)45)22-23(2)20-42(8,54)38(61-40-34(49)31(47(11)12)19-24(3)57-40)25(4)35(26(5)39(52)59-32)60-33-21-43(9,56-13)37(51)28(7)58-33/h15-18,23-28,31-38,40,49-51,54-55H,14,19-22H2,1-13H3,(H,46,53)/t23-,24-,25+,26-,27-,28+,31-,32-,33+,34-,35+,36-,37+,38-,40+,42-,43-,44-/m1/s1. The van der Waals surface area contributed by atoms with Crippen molar-refractivity contribution in [3.63, 3.8) is 0 Å². The highest BCUT2D eigenvalue weighted by Gasteiger charge is 2.53. The lowest BCUT2D eigenvalue weighted by Gasteiger charge is -2.48. The van der Waals surface area contributed by atoms with E-state index >= 15 is 0 Å². The molecule has 61 heavy (non-hydrogen) atoms. The van der Waals surface area contributed by atoms with Crippen LogP contribution in [0.1, 0.15) is 94.9 Å². The van der Waals surface area contributed by atoms with Crippen molar-refractivity contribution in [3.8, 4) is 0 Å². The van der Waals surface area contributed by atoms with Gasteiger partial charge in [0.1, 0.15) is 35.8 Å². The molecule has 1 aromatic rings. The smallest absolute Gasteiger partial charge is 0.322 e. The van der Waals surface area contributed by atoms with Crippen molar-refractivity contribution in [2.75, 3.05) is 33.1 Å². The molecule has 3 aliphatic rings. The Morgan fingerprint density at radius 3 is 2.21 bits per heavy atom. The number of para-hydroxylation sites is 1. The second-order valence-electron chi connectivity index (χ2n) is 18.8. The molecule has 350 valence electrons. The molecule has 3 aliphatic heterocycles. The Bertz CT molecular complexity index is 1600. The molecule has 0 bridgehead atoms. The van der Waals surface area contributed by atoms with Gasteiger partial charge in [-0.2, -0.15) is 0 Å². The lowest BCUT2D eigenvalue weighted by Crippen LogP contribution is -2.61. The monoisotopic (exact) mass is 872 g/mol. The number of carbonyl (C=O) groups is 2. The second kappa shape index (κ2) is 20.5. The molecule has 3 fully saturated rings. The summed E-state index contributed by atoms with van der Waals surface area (Å²) < 4.78 is 52.4. The van der Waals surface area contributed by atoms with Crippen molar-refractivity contribution in [1.82, 2.24) is 9.80 Å². The first-order chi connectivity index (χ1) is 28.3. The molecule has 2 amide bonds. The minimum atomic E-state index is -2.12. The molecule has 0 unspecified atom stereocenters. The molecular formula is C44H74FN3O13. The summed E-state index contributed by atoms with van der Waals surface area (Å²) in [5, 5.41) is 61.9. The summed E-state index contributed by atoms with van der Waals surface area (Å²) in [6, 6.07) is 3.34. The van der Waals surface area contributed by atoms with Gasteiger partial charge in [0.05, 0.1) is 53.3 Å². The Balaban J connectivity index is 1.87.